The molecular weight excluding hydrogens is 639 g/mol. The molecule has 0 bridgehead atoms. The Morgan fingerprint density at radius 2 is 1.60 bits per heavy atom. The quantitative estimate of drug-likeness (QED) is 0.118. The molecule has 3 aromatic carbocycles. The maximum atomic E-state index is 13.3. The van der Waals surface area contributed by atoms with E-state index in [2.05, 4.69) is 5.32 Å². The molecule has 0 atom stereocenters. The number of ether oxygens (including phenoxy) is 2. The third kappa shape index (κ3) is 5.61. The number of carbonyl (C=O) groups is 3. The van der Waals surface area contributed by atoms with Gasteiger partial charge in [0, 0.05) is 6.07 Å². The van der Waals surface area contributed by atoms with Gasteiger partial charge in [0.2, 0.25) is 5.75 Å². The van der Waals surface area contributed by atoms with Crippen LogP contribution >= 0.6 is 22.6 Å². The van der Waals surface area contributed by atoms with Gasteiger partial charge in [0.05, 0.1) is 32.3 Å². The van der Waals surface area contributed by atoms with Crippen molar-refractivity contribution in [2.75, 3.05) is 12.0 Å². The lowest BCUT2D eigenvalue weighted by Crippen LogP contribution is -2.54. The molecule has 0 aromatic heterocycles. The summed E-state index contributed by atoms with van der Waals surface area (Å²) in [5.74, 6) is -1.81. The summed E-state index contributed by atoms with van der Waals surface area (Å²) in [5.41, 5.74) is 0.864. The van der Waals surface area contributed by atoms with Gasteiger partial charge in [-0.1, -0.05) is 6.07 Å². The number of benzene rings is 3. The first-order valence-corrected chi connectivity index (χ1v) is 12.5. The molecule has 1 heterocycles. The Morgan fingerprint density at radius 1 is 0.925 bits per heavy atom. The zero-order valence-electron chi connectivity index (χ0n) is 21.1. The molecule has 3 aromatic rings. The molecule has 1 saturated heterocycles. The minimum absolute atomic E-state index is 0.0636. The number of anilines is 1. The Labute approximate surface area is 239 Å². The topological polar surface area (TPSA) is 171 Å². The normalized spacial score (nSPS) is 14.2. The van der Waals surface area contributed by atoms with Crippen LogP contribution in [0.2, 0.25) is 0 Å². The summed E-state index contributed by atoms with van der Waals surface area (Å²) in [6, 6.07) is 10.2. The summed E-state index contributed by atoms with van der Waals surface area (Å²) in [6.07, 6.45) is 1.28. The van der Waals surface area contributed by atoms with Crippen LogP contribution in [-0.4, -0.2) is 34.8 Å². The summed E-state index contributed by atoms with van der Waals surface area (Å²) in [6.45, 7) is 3.63. The first-order valence-electron chi connectivity index (χ1n) is 11.4. The van der Waals surface area contributed by atoms with Crippen molar-refractivity contribution in [3.8, 4) is 17.2 Å². The van der Waals surface area contributed by atoms with Gasteiger partial charge in [-0.3, -0.25) is 35.1 Å². The van der Waals surface area contributed by atoms with E-state index in [1.807, 2.05) is 42.5 Å². The van der Waals surface area contributed by atoms with Crippen LogP contribution in [0.1, 0.15) is 16.7 Å². The van der Waals surface area contributed by atoms with Crippen molar-refractivity contribution in [2.45, 2.75) is 13.8 Å². The smallest absolute Gasteiger partial charge is 0.335 e. The molecule has 4 amide bonds. The highest BCUT2D eigenvalue weighted by Gasteiger charge is 2.37. The van der Waals surface area contributed by atoms with Crippen LogP contribution in [0.3, 0.4) is 0 Å². The van der Waals surface area contributed by atoms with E-state index >= 15 is 0 Å². The number of aryl methyl sites for hydroxylation is 2. The van der Waals surface area contributed by atoms with Crippen molar-refractivity contribution >= 4 is 63.6 Å². The van der Waals surface area contributed by atoms with Crippen LogP contribution < -0.4 is 19.7 Å². The number of methoxy groups -OCH3 is 1. The van der Waals surface area contributed by atoms with Crippen molar-refractivity contribution in [1.29, 1.82) is 0 Å². The molecule has 1 aliphatic rings. The van der Waals surface area contributed by atoms with Crippen LogP contribution in [0.5, 0.6) is 17.2 Å². The molecule has 14 heteroatoms. The number of amides is 4. The van der Waals surface area contributed by atoms with Gasteiger partial charge < -0.3 is 9.47 Å². The number of barbiturate groups is 1. The summed E-state index contributed by atoms with van der Waals surface area (Å²) >= 11 is 1.87. The molecule has 1 N–H and O–H groups in total. The van der Waals surface area contributed by atoms with Crippen molar-refractivity contribution in [2.24, 2.45) is 0 Å². The number of non-ortho nitro benzene ring substituents is 1. The summed E-state index contributed by atoms with van der Waals surface area (Å²) in [5, 5.41) is 24.7. The van der Waals surface area contributed by atoms with E-state index in [0.717, 1.165) is 34.2 Å². The van der Waals surface area contributed by atoms with Crippen LogP contribution in [0.15, 0.2) is 54.1 Å². The Balaban J connectivity index is 1.73. The molecule has 0 radical (unpaired) electrons. The van der Waals surface area contributed by atoms with Gasteiger partial charge in [0.15, 0.2) is 11.5 Å². The summed E-state index contributed by atoms with van der Waals surface area (Å²) in [7, 11) is 1.32. The fourth-order valence-electron chi connectivity index (χ4n) is 4.02. The second-order valence-electron chi connectivity index (χ2n) is 8.61. The average molecular weight is 658 g/mol. The minimum Gasteiger partial charge on any atom is -0.493 e. The van der Waals surface area contributed by atoms with Crippen molar-refractivity contribution < 1.29 is 33.7 Å². The van der Waals surface area contributed by atoms with E-state index in [4.69, 9.17) is 9.47 Å². The first-order chi connectivity index (χ1) is 18.9. The van der Waals surface area contributed by atoms with Crippen LogP contribution in [0, 0.1) is 37.6 Å². The number of nitro benzene ring substituents is 2. The molecule has 1 fully saturated rings. The zero-order chi connectivity index (χ0) is 29.3. The van der Waals surface area contributed by atoms with E-state index < -0.39 is 39.1 Å². The van der Waals surface area contributed by atoms with E-state index in [9.17, 15) is 34.6 Å². The number of imide groups is 2. The maximum absolute atomic E-state index is 13.3. The standard InChI is InChI=1S/C26H19IN4O9/c1-13-6-14(2)8-17(7-13)29-25(33)18(24(32)28-26(29)34)9-15-10-19(27)23(22(11-15)39-3)40-21-5-4-16(30(35)36)12-20(21)31(37)38/h4-12H,1-3H3,(H,28,32,34)/b18-9-. The fraction of sp³-hybridized carbons (Fsp3) is 0.115. The van der Waals surface area contributed by atoms with Gasteiger partial charge in [0.25, 0.3) is 17.5 Å². The lowest BCUT2D eigenvalue weighted by atomic mass is 10.0. The van der Waals surface area contributed by atoms with Gasteiger partial charge in [-0.05, 0) is 89.5 Å². The monoisotopic (exact) mass is 658 g/mol. The number of carbonyl (C=O) groups excluding carboxylic acids is 3. The third-order valence-electron chi connectivity index (χ3n) is 5.69. The molecule has 0 spiro atoms. The van der Waals surface area contributed by atoms with Crippen LogP contribution in [-0.2, 0) is 9.59 Å². The second-order valence-corrected chi connectivity index (χ2v) is 9.77. The molecule has 4 rings (SSSR count). The predicted octanol–water partition coefficient (Wildman–Crippen LogP) is 5.19. The van der Waals surface area contributed by atoms with Gasteiger partial charge in [0.1, 0.15) is 5.57 Å². The van der Waals surface area contributed by atoms with Crippen LogP contribution in [0.4, 0.5) is 21.9 Å². The summed E-state index contributed by atoms with van der Waals surface area (Å²) in [4.78, 5) is 60.4. The largest absolute Gasteiger partial charge is 0.493 e. The van der Waals surface area contributed by atoms with E-state index in [0.29, 0.717) is 14.8 Å². The zero-order valence-corrected chi connectivity index (χ0v) is 23.2. The van der Waals surface area contributed by atoms with Gasteiger partial charge >= 0.3 is 11.7 Å². The van der Waals surface area contributed by atoms with Gasteiger partial charge in [-0.2, -0.15) is 0 Å². The molecule has 0 aliphatic carbocycles. The number of hydrogen-bond donors (Lipinski definition) is 1. The Bertz CT molecular complexity index is 1630. The molecule has 0 unspecified atom stereocenters. The van der Waals surface area contributed by atoms with Gasteiger partial charge in [-0.25, -0.2) is 9.69 Å². The van der Waals surface area contributed by atoms with Crippen LogP contribution in [0.25, 0.3) is 6.08 Å². The highest BCUT2D eigenvalue weighted by atomic mass is 127. The minimum atomic E-state index is -0.883. The molecule has 40 heavy (non-hydrogen) atoms. The highest BCUT2D eigenvalue weighted by Crippen LogP contribution is 2.41. The number of hydrogen-bond acceptors (Lipinski definition) is 9. The predicted molar refractivity (Wildman–Crippen MR) is 150 cm³/mol. The number of nitrogens with one attached hydrogen (secondary N) is 1. The van der Waals surface area contributed by atoms with E-state index in [1.54, 1.807) is 12.1 Å². The average Bonchev–Trinajstić information content (AvgIpc) is 2.87. The molecule has 0 saturated carbocycles. The van der Waals surface area contributed by atoms with Crippen molar-refractivity contribution in [1.82, 2.24) is 5.32 Å². The molecule has 1 aliphatic heterocycles. The van der Waals surface area contributed by atoms with E-state index in [1.165, 1.54) is 25.3 Å². The van der Waals surface area contributed by atoms with E-state index in [-0.39, 0.29) is 22.8 Å². The maximum Gasteiger partial charge on any atom is 0.335 e. The molecule has 204 valence electrons. The lowest BCUT2D eigenvalue weighted by Gasteiger charge is -2.27. The number of nitrogens with zero attached hydrogens (tertiary/aromatic N) is 3. The lowest BCUT2D eigenvalue weighted by molar-refractivity contribution is -0.394. The number of nitro groups is 2. The first kappa shape index (κ1) is 28.2. The number of rotatable bonds is 7. The second kappa shape index (κ2) is 11.1. The molecular formula is C26H19IN4O9. The van der Waals surface area contributed by atoms with Crippen molar-refractivity contribution in [3.63, 3.8) is 0 Å². The SMILES string of the molecule is COc1cc(/C=C2/C(=O)NC(=O)N(c3cc(C)cc(C)c3)C2=O)cc(I)c1Oc1ccc([N+](=O)[O-])cc1[N+](=O)[O-]. The highest BCUT2D eigenvalue weighted by molar-refractivity contribution is 14.1. The Kier molecular flexibility index (Phi) is 7.81. The third-order valence-corrected chi connectivity index (χ3v) is 6.49. The summed E-state index contributed by atoms with van der Waals surface area (Å²) < 4.78 is 11.5. The fourth-order valence-corrected chi connectivity index (χ4v) is 4.75. The molecule has 13 nitrogen and oxygen atoms in total. The Morgan fingerprint density at radius 3 is 2.20 bits per heavy atom. The number of halogens is 1. The Hall–Kier alpha value is -4.86. The van der Waals surface area contributed by atoms with Gasteiger partial charge in [-0.15, -0.1) is 0 Å². The number of urea groups is 1. The van der Waals surface area contributed by atoms with Crippen molar-refractivity contribution in [3.05, 3.63) is 94.6 Å².